The molecule has 0 fully saturated rings. The SMILES string of the molecule is Cc1ccc(N=C(Cl)C(F)(F)F)c(F)c1. The van der Waals surface area contributed by atoms with Gasteiger partial charge in [-0.1, -0.05) is 17.7 Å². The third-order valence-electron chi connectivity index (χ3n) is 1.56. The summed E-state index contributed by atoms with van der Waals surface area (Å²) in [6, 6.07) is 3.67. The van der Waals surface area contributed by atoms with Gasteiger partial charge in [0.1, 0.15) is 11.5 Å². The predicted octanol–water partition coefficient (Wildman–Crippen LogP) is 3.97. The largest absolute Gasteiger partial charge is 0.444 e. The maximum absolute atomic E-state index is 13.1. The van der Waals surface area contributed by atoms with Gasteiger partial charge >= 0.3 is 6.18 Å². The number of halogens is 5. The summed E-state index contributed by atoms with van der Waals surface area (Å²) >= 11 is 4.86. The fourth-order valence-electron chi connectivity index (χ4n) is 0.872. The van der Waals surface area contributed by atoms with E-state index in [1.807, 2.05) is 0 Å². The molecule has 15 heavy (non-hydrogen) atoms. The maximum atomic E-state index is 13.1. The van der Waals surface area contributed by atoms with Gasteiger partial charge in [0.05, 0.1) is 0 Å². The van der Waals surface area contributed by atoms with E-state index in [2.05, 4.69) is 4.99 Å². The first-order valence-corrected chi connectivity index (χ1v) is 4.26. The molecule has 0 amide bonds. The molecule has 0 aliphatic heterocycles. The lowest BCUT2D eigenvalue weighted by Gasteiger charge is -2.04. The maximum Gasteiger partial charge on any atom is 0.444 e. The number of aryl methyl sites for hydroxylation is 1. The van der Waals surface area contributed by atoms with Crippen LogP contribution in [0.5, 0.6) is 0 Å². The molecule has 1 nitrogen and oxygen atoms in total. The van der Waals surface area contributed by atoms with Crippen LogP contribution in [0.15, 0.2) is 23.2 Å². The van der Waals surface area contributed by atoms with Crippen molar-refractivity contribution in [3.8, 4) is 0 Å². The van der Waals surface area contributed by atoms with Crippen molar-refractivity contribution in [2.75, 3.05) is 0 Å². The van der Waals surface area contributed by atoms with Crippen molar-refractivity contribution in [3.05, 3.63) is 29.6 Å². The zero-order valence-corrected chi connectivity index (χ0v) is 8.33. The van der Waals surface area contributed by atoms with Crippen molar-refractivity contribution >= 4 is 22.5 Å². The highest BCUT2D eigenvalue weighted by Crippen LogP contribution is 2.25. The minimum absolute atomic E-state index is 0.428. The van der Waals surface area contributed by atoms with Gasteiger partial charge in [0.25, 0.3) is 0 Å². The Hall–Kier alpha value is -1.10. The molecule has 0 radical (unpaired) electrons. The van der Waals surface area contributed by atoms with E-state index < -0.39 is 22.9 Å². The van der Waals surface area contributed by atoms with E-state index in [-0.39, 0.29) is 0 Å². The number of hydrogen-bond donors (Lipinski definition) is 0. The molecule has 0 atom stereocenters. The minimum atomic E-state index is -4.75. The highest BCUT2D eigenvalue weighted by Gasteiger charge is 2.34. The van der Waals surface area contributed by atoms with Gasteiger partial charge in [-0.15, -0.1) is 0 Å². The molecule has 0 spiro atoms. The summed E-state index contributed by atoms with van der Waals surface area (Å²) in [5.41, 5.74) is 0.164. The number of rotatable bonds is 1. The van der Waals surface area contributed by atoms with Crippen LogP contribution in [0, 0.1) is 12.7 Å². The standard InChI is InChI=1S/C9H6ClF4N/c1-5-2-3-7(6(11)4-5)15-8(10)9(12,13)14/h2-4H,1H3. The average Bonchev–Trinajstić information content (AvgIpc) is 2.08. The van der Waals surface area contributed by atoms with E-state index in [0.717, 1.165) is 12.1 Å². The van der Waals surface area contributed by atoms with Crippen molar-refractivity contribution < 1.29 is 17.6 Å². The van der Waals surface area contributed by atoms with E-state index in [4.69, 9.17) is 11.6 Å². The highest BCUT2D eigenvalue weighted by molar-refractivity contribution is 6.67. The van der Waals surface area contributed by atoms with Crippen LogP contribution >= 0.6 is 11.6 Å². The number of nitrogens with zero attached hydrogens (tertiary/aromatic N) is 1. The second-order valence-corrected chi connectivity index (χ2v) is 3.21. The molecule has 82 valence electrons. The molecule has 0 aliphatic rings. The summed E-state index contributed by atoms with van der Waals surface area (Å²) in [6.45, 7) is 1.61. The number of aliphatic imine (C=N–C) groups is 1. The van der Waals surface area contributed by atoms with Crippen molar-refractivity contribution in [1.82, 2.24) is 0 Å². The first-order chi connectivity index (χ1) is 6.80. The van der Waals surface area contributed by atoms with Gasteiger partial charge in [0, 0.05) is 0 Å². The Balaban J connectivity index is 3.09. The molecule has 0 aliphatic carbocycles. The Morgan fingerprint density at radius 2 is 1.93 bits per heavy atom. The van der Waals surface area contributed by atoms with E-state index in [1.165, 1.54) is 6.07 Å². The third-order valence-corrected chi connectivity index (χ3v) is 1.85. The van der Waals surface area contributed by atoms with Crippen molar-refractivity contribution in [2.45, 2.75) is 13.1 Å². The van der Waals surface area contributed by atoms with Gasteiger partial charge in [0.2, 0.25) is 5.17 Å². The van der Waals surface area contributed by atoms with E-state index in [9.17, 15) is 17.6 Å². The lowest BCUT2D eigenvalue weighted by atomic mass is 10.2. The summed E-state index contributed by atoms with van der Waals surface area (Å²) in [6.07, 6.45) is -4.75. The Morgan fingerprint density at radius 1 is 1.33 bits per heavy atom. The fraction of sp³-hybridized carbons (Fsp3) is 0.222. The summed E-state index contributed by atoms with van der Waals surface area (Å²) in [4.78, 5) is 2.95. The van der Waals surface area contributed by atoms with Crippen LogP contribution in [0.2, 0.25) is 0 Å². The van der Waals surface area contributed by atoms with Crippen molar-refractivity contribution in [3.63, 3.8) is 0 Å². The number of hydrogen-bond acceptors (Lipinski definition) is 1. The minimum Gasteiger partial charge on any atom is -0.229 e. The molecule has 1 rings (SSSR count). The molecule has 0 aromatic heterocycles. The molecule has 1 aromatic rings. The second kappa shape index (κ2) is 4.18. The fourth-order valence-corrected chi connectivity index (χ4v) is 0.963. The Labute approximate surface area is 88.4 Å². The lowest BCUT2D eigenvalue weighted by Crippen LogP contribution is -2.16. The van der Waals surface area contributed by atoms with E-state index in [0.29, 0.717) is 5.56 Å². The first-order valence-electron chi connectivity index (χ1n) is 3.88. The number of benzene rings is 1. The van der Waals surface area contributed by atoms with Gasteiger partial charge < -0.3 is 0 Å². The van der Waals surface area contributed by atoms with Crippen LogP contribution in [0.3, 0.4) is 0 Å². The second-order valence-electron chi connectivity index (χ2n) is 2.86. The lowest BCUT2D eigenvalue weighted by molar-refractivity contribution is -0.0558. The van der Waals surface area contributed by atoms with Crippen LogP contribution in [0.25, 0.3) is 0 Å². The summed E-state index contributed by atoms with van der Waals surface area (Å²) in [5, 5.41) is -1.59. The van der Waals surface area contributed by atoms with Gasteiger partial charge in [-0.05, 0) is 24.6 Å². The topological polar surface area (TPSA) is 12.4 Å². The van der Waals surface area contributed by atoms with Gasteiger partial charge in [-0.25, -0.2) is 9.38 Å². The monoisotopic (exact) mass is 239 g/mol. The van der Waals surface area contributed by atoms with Crippen LogP contribution in [0.4, 0.5) is 23.2 Å². The predicted molar refractivity (Wildman–Crippen MR) is 50.1 cm³/mol. The zero-order valence-electron chi connectivity index (χ0n) is 7.57. The Kier molecular flexibility index (Phi) is 3.34. The molecule has 0 bridgehead atoms. The molecule has 0 saturated carbocycles. The van der Waals surface area contributed by atoms with E-state index in [1.54, 1.807) is 6.92 Å². The van der Waals surface area contributed by atoms with Gasteiger partial charge in [-0.2, -0.15) is 13.2 Å². The molecular formula is C9H6ClF4N. The molecule has 1 aromatic carbocycles. The van der Waals surface area contributed by atoms with Gasteiger partial charge in [0.15, 0.2) is 0 Å². The van der Waals surface area contributed by atoms with Crippen LogP contribution < -0.4 is 0 Å². The number of alkyl halides is 3. The summed E-state index contributed by atoms with van der Waals surface area (Å²) in [5.74, 6) is -0.836. The Bertz CT molecular complexity index is 398. The molecule has 0 saturated heterocycles. The van der Waals surface area contributed by atoms with E-state index >= 15 is 0 Å². The summed E-state index contributed by atoms with van der Waals surface area (Å²) in [7, 11) is 0. The highest BCUT2D eigenvalue weighted by atomic mass is 35.5. The molecule has 0 unspecified atom stereocenters. The van der Waals surface area contributed by atoms with Crippen LogP contribution in [-0.2, 0) is 0 Å². The molecule has 6 heteroatoms. The quantitative estimate of drug-likeness (QED) is 0.519. The zero-order chi connectivity index (χ0) is 11.6. The Morgan fingerprint density at radius 3 is 2.40 bits per heavy atom. The van der Waals surface area contributed by atoms with Crippen molar-refractivity contribution in [1.29, 1.82) is 0 Å². The van der Waals surface area contributed by atoms with Crippen LogP contribution in [0.1, 0.15) is 5.56 Å². The van der Waals surface area contributed by atoms with Crippen molar-refractivity contribution in [2.24, 2.45) is 4.99 Å². The summed E-state index contributed by atoms with van der Waals surface area (Å²) < 4.78 is 48.9. The van der Waals surface area contributed by atoms with Gasteiger partial charge in [-0.3, -0.25) is 0 Å². The third kappa shape index (κ3) is 3.20. The van der Waals surface area contributed by atoms with Crippen LogP contribution in [-0.4, -0.2) is 11.3 Å². The first kappa shape index (κ1) is 12.0. The molecule has 0 heterocycles. The smallest absolute Gasteiger partial charge is 0.229 e. The normalized spacial score (nSPS) is 13.1. The molecular weight excluding hydrogens is 234 g/mol. The average molecular weight is 240 g/mol. The molecule has 0 N–H and O–H groups in total.